The van der Waals surface area contributed by atoms with Crippen LogP contribution >= 0.6 is 11.6 Å². The fourth-order valence-electron chi connectivity index (χ4n) is 2.08. The summed E-state index contributed by atoms with van der Waals surface area (Å²) in [5, 5.41) is 3.46. The van der Waals surface area contributed by atoms with Gasteiger partial charge in [0.25, 0.3) is 5.91 Å². The molecule has 0 aliphatic heterocycles. The molecule has 0 fully saturated rings. The Morgan fingerprint density at radius 3 is 2.00 bits per heavy atom. The lowest BCUT2D eigenvalue weighted by atomic mass is 10.0. The van der Waals surface area contributed by atoms with E-state index in [0.717, 1.165) is 0 Å². The standard InChI is InChI=1S/C20H22ClNO3/c1-13(2)14(3)22-19(23)12-25-18-10-6-16(7-11-18)20(24)15-4-8-17(21)9-5-15/h4-11,13-14H,12H2,1-3H3,(H,22,23)/t14-/m1/s1. The first-order valence-electron chi connectivity index (χ1n) is 8.19. The van der Waals surface area contributed by atoms with Gasteiger partial charge in [-0.15, -0.1) is 0 Å². The highest BCUT2D eigenvalue weighted by Gasteiger charge is 2.12. The van der Waals surface area contributed by atoms with Gasteiger partial charge in [0.1, 0.15) is 5.75 Å². The van der Waals surface area contributed by atoms with Crippen LogP contribution < -0.4 is 10.1 Å². The summed E-state index contributed by atoms with van der Waals surface area (Å²) in [6.07, 6.45) is 0. The Morgan fingerprint density at radius 2 is 1.48 bits per heavy atom. The van der Waals surface area contributed by atoms with Crippen molar-refractivity contribution in [3.8, 4) is 5.75 Å². The van der Waals surface area contributed by atoms with Crippen molar-refractivity contribution in [3.05, 3.63) is 64.7 Å². The molecule has 0 bridgehead atoms. The molecule has 0 heterocycles. The van der Waals surface area contributed by atoms with E-state index in [1.165, 1.54) is 0 Å². The van der Waals surface area contributed by atoms with Crippen LogP contribution in [0.15, 0.2) is 48.5 Å². The van der Waals surface area contributed by atoms with Crippen LogP contribution in [0.25, 0.3) is 0 Å². The lowest BCUT2D eigenvalue weighted by Gasteiger charge is -2.17. The van der Waals surface area contributed by atoms with Crippen LogP contribution in [0, 0.1) is 5.92 Å². The zero-order valence-electron chi connectivity index (χ0n) is 14.6. The summed E-state index contributed by atoms with van der Waals surface area (Å²) >= 11 is 5.83. The first-order chi connectivity index (χ1) is 11.9. The number of amides is 1. The molecule has 5 heteroatoms. The van der Waals surface area contributed by atoms with Gasteiger partial charge in [-0.3, -0.25) is 9.59 Å². The number of hydrogen-bond donors (Lipinski definition) is 1. The van der Waals surface area contributed by atoms with Gasteiger partial charge in [0.2, 0.25) is 0 Å². The number of nitrogens with one attached hydrogen (secondary N) is 1. The minimum absolute atomic E-state index is 0.0540. The smallest absolute Gasteiger partial charge is 0.258 e. The van der Waals surface area contributed by atoms with E-state index in [1.54, 1.807) is 48.5 Å². The van der Waals surface area contributed by atoms with Crippen LogP contribution in [0.1, 0.15) is 36.7 Å². The van der Waals surface area contributed by atoms with Crippen molar-refractivity contribution >= 4 is 23.3 Å². The van der Waals surface area contributed by atoms with E-state index in [9.17, 15) is 9.59 Å². The summed E-state index contributed by atoms with van der Waals surface area (Å²) < 4.78 is 5.46. The zero-order chi connectivity index (χ0) is 18.4. The molecule has 2 aromatic carbocycles. The Hall–Kier alpha value is -2.33. The van der Waals surface area contributed by atoms with Crippen LogP contribution in [-0.2, 0) is 4.79 Å². The number of rotatable bonds is 7. The average Bonchev–Trinajstić information content (AvgIpc) is 2.60. The first kappa shape index (κ1) is 19.0. The molecule has 0 aliphatic carbocycles. The van der Waals surface area contributed by atoms with Gasteiger partial charge in [-0.1, -0.05) is 25.4 Å². The maximum atomic E-state index is 12.4. The van der Waals surface area contributed by atoms with Crippen molar-refractivity contribution < 1.29 is 14.3 Å². The lowest BCUT2D eigenvalue weighted by molar-refractivity contribution is -0.124. The van der Waals surface area contributed by atoms with Gasteiger partial charge in [0.05, 0.1) is 0 Å². The quantitative estimate of drug-likeness (QED) is 0.757. The van der Waals surface area contributed by atoms with Gasteiger partial charge in [-0.25, -0.2) is 0 Å². The second-order valence-corrected chi connectivity index (χ2v) is 6.69. The summed E-state index contributed by atoms with van der Waals surface area (Å²) in [7, 11) is 0. The van der Waals surface area contributed by atoms with Crippen molar-refractivity contribution in [2.45, 2.75) is 26.8 Å². The molecule has 4 nitrogen and oxygen atoms in total. The Morgan fingerprint density at radius 1 is 0.960 bits per heavy atom. The summed E-state index contributed by atoms with van der Waals surface area (Å²) in [5.74, 6) is 0.649. The molecule has 132 valence electrons. The molecule has 0 aromatic heterocycles. The molecule has 0 spiro atoms. The topological polar surface area (TPSA) is 55.4 Å². The predicted molar refractivity (Wildman–Crippen MR) is 99.3 cm³/mol. The third kappa shape index (κ3) is 5.61. The van der Waals surface area contributed by atoms with Crippen LogP contribution in [0.4, 0.5) is 0 Å². The van der Waals surface area contributed by atoms with Gasteiger partial charge >= 0.3 is 0 Å². The Labute approximate surface area is 153 Å². The minimum Gasteiger partial charge on any atom is -0.484 e. The molecule has 0 radical (unpaired) electrons. The van der Waals surface area contributed by atoms with E-state index in [-0.39, 0.29) is 24.3 Å². The highest BCUT2D eigenvalue weighted by molar-refractivity contribution is 6.30. The first-order valence-corrected chi connectivity index (χ1v) is 8.57. The summed E-state index contributed by atoms with van der Waals surface area (Å²) in [4.78, 5) is 24.2. The van der Waals surface area contributed by atoms with E-state index in [1.807, 2.05) is 20.8 Å². The van der Waals surface area contributed by atoms with Gasteiger partial charge in [0.15, 0.2) is 12.4 Å². The van der Waals surface area contributed by atoms with Crippen molar-refractivity contribution in [2.24, 2.45) is 5.92 Å². The van der Waals surface area contributed by atoms with E-state index < -0.39 is 0 Å². The molecule has 0 aliphatic rings. The third-order valence-electron chi connectivity index (χ3n) is 3.98. The molecule has 1 N–H and O–H groups in total. The number of carbonyl (C=O) groups is 2. The van der Waals surface area contributed by atoms with E-state index in [0.29, 0.717) is 27.8 Å². The van der Waals surface area contributed by atoms with E-state index >= 15 is 0 Å². The Balaban J connectivity index is 1.92. The fourth-order valence-corrected chi connectivity index (χ4v) is 2.21. The third-order valence-corrected chi connectivity index (χ3v) is 4.23. The molecule has 2 rings (SSSR count). The molecule has 0 saturated heterocycles. The molecular weight excluding hydrogens is 338 g/mol. The SMILES string of the molecule is CC(C)[C@@H](C)NC(=O)COc1ccc(C(=O)c2ccc(Cl)cc2)cc1. The summed E-state index contributed by atoms with van der Waals surface area (Å²) in [6, 6.07) is 13.6. The van der Waals surface area contributed by atoms with Crippen molar-refractivity contribution in [2.75, 3.05) is 6.61 Å². The lowest BCUT2D eigenvalue weighted by Crippen LogP contribution is -2.38. The second kappa shape index (κ2) is 8.67. The Bertz CT molecular complexity index is 724. The maximum Gasteiger partial charge on any atom is 0.258 e. The van der Waals surface area contributed by atoms with Crippen molar-refractivity contribution in [1.29, 1.82) is 0 Å². The van der Waals surface area contributed by atoms with Crippen molar-refractivity contribution in [3.63, 3.8) is 0 Å². The van der Waals surface area contributed by atoms with Gasteiger partial charge in [0, 0.05) is 22.2 Å². The van der Waals surface area contributed by atoms with Gasteiger partial charge < -0.3 is 10.1 Å². The van der Waals surface area contributed by atoms with E-state index in [4.69, 9.17) is 16.3 Å². The number of ketones is 1. The predicted octanol–water partition coefficient (Wildman–Crippen LogP) is 4.11. The second-order valence-electron chi connectivity index (χ2n) is 6.25. The monoisotopic (exact) mass is 359 g/mol. The van der Waals surface area contributed by atoms with Gasteiger partial charge in [-0.2, -0.15) is 0 Å². The molecule has 25 heavy (non-hydrogen) atoms. The number of hydrogen-bond acceptors (Lipinski definition) is 3. The highest BCUT2D eigenvalue weighted by atomic mass is 35.5. The van der Waals surface area contributed by atoms with Gasteiger partial charge in [-0.05, 0) is 61.4 Å². The number of ether oxygens (including phenoxy) is 1. The maximum absolute atomic E-state index is 12.4. The molecule has 2 aromatic rings. The molecule has 0 unspecified atom stereocenters. The normalized spacial score (nSPS) is 11.9. The Kier molecular flexibility index (Phi) is 6.59. The average molecular weight is 360 g/mol. The van der Waals surface area contributed by atoms with E-state index in [2.05, 4.69) is 5.32 Å². The molecule has 1 amide bonds. The minimum atomic E-state index is -0.164. The molecule has 0 saturated carbocycles. The highest BCUT2D eigenvalue weighted by Crippen LogP contribution is 2.17. The van der Waals surface area contributed by atoms with Crippen molar-refractivity contribution in [1.82, 2.24) is 5.32 Å². The zero-order valence-corrected chi connectivity index (χ0v) is 15.3. The van der Waals surface area contributed by atoms with Crippen LogP contribution in [0.2, 0.25) is 5.02 Å². The van der Waals surface area contributed by atoms with Crippen LogP contribution in [0.5, 0.6) is 5.75 Å². The van der Waals surface area contributed by atoms with Crippen LogP contribution in [0.3, 0.4) is 0 Å². The summed E-state index contributed by atoms with van der Waals surface area (Å²) in [6.45, 7) is 5.99. The molecular formula is C20H22ClNO3. The fraction of sp³-hybridized carbons (Fsp3) is 0.300. The summed E-state index contributed by atoms with van der Waals surface area (Å²) in [5.41, 5.74) is 1.12. The number of halogens is 1. The largest absolute Gasteiger partial charge is 0.484 e. The number of carbonyl (C=O) groups excluding carboxylic acids is 2. The number of benzene rings is 2. The van der Waals surface area contributed by atoms with Crippen LogP contribution in [-0.4, -0.2) is 24.3 Å². The molecule has 1 atom stereocenters.